The lowest BCUT2D eigenvalue weighted by molar-refractivity contribution is 0.0500. The third-order valence-electron chi connectivity index (χ3n) is 3.63. The number of nitrogens with one attached hydrogen (secondary N) is 1. The van der Waals surface area contributed by atoms with E-state index in [1.54, 1.807) is 13.2 Å². The van der Waals surface area contributed by atoms with Crippen LogP contribution >= 0.6 is 0 Å². The number of rotatable bonds is 7. The molecule has 27 heavy (non-hydrogen) atoms. The Labute approximate surface area is 160 Å². The van der Waals surface area contributed by atoms with Crippen molar-refractivity contribution in [1.82, 2.24) is 5.32 Å². The van der Waals surface area contributed by atoms with Gasteiger partial charge in [-0.15, -0.1) is 0 Å². The van der Waals surface area contributed by atoms with E-state index in [9.17, 15) is 4.79 Å². The van der Waals surface area contributed by atoms with E-state index in [1.165, 1.54) is 0 Å². The molecule has 0 aromatic heterocycles. The minimum Gasteiger partial charge on any atom is -0.497 e. The smallest absolute Gasteiger partial charge is 0.407 e. The van der Waals surface area contributed by atoms with Gasteiger partial charge >= 0.3 is 6.09 Å². The van der Waals surface area contributed by atoms with Gasteiger partial charge in [0.1, 0.15) is 23.2 Å². The molecule has 6 nitrogen and oxygen atoms in total. The summed E-state index contributed by atoms with van der Waals surface area (Å²) in [6, 6.07) is 15.0. The molecular weight excluding hydrogens is 344 g/mol. The molecule has 3 N–H and O–H groups in total. The number of amides is 1. The van der Waals surface area contributed by atoms with E-state index < -0.39 is 11.7 Å². The first-order valence-electron chi connectivity index (χ1n) is 8.87. The van der Waals surface area contributed by atoms with Gasteiger partial charge in [0.05, 0.1) is 13.7 Å². The predicted molar refractivity (Wildman–Crippen MR) is 106 cm³/mol. The molecule has 2 aromatic rings. The van der Waals surface area contributed by atoms with Crippen LogP contribution in [-0.2, 0) is 11.2 Å². The molecule has 0 fully saturated rings. The zero-order chi connectivity index (χ0) is 19.9. The molecule has 1 unspecified atom stereocenters. The van der Waals surface area contributed by atoms with Crippen LogP contribution in [0.2, 0.25) is 0 Å². The van der Waals surface area contributed by atoms with Gasteiger partial charge in [0.15, 0.2) is 0 Å². The molecule has 0 aliphatic rings. The molecule has 0 spiro atoms. The average Bonchev–Trinajstić information content (AvgIpc) is 2.58. The van der Waals surface area contributed by atoms with E-state index in [1.807, 2.05) is 63.2 Å². The van der Waals surface area contributed by atoms with Crippen molar-refractivity contribution in [3.63, 3.8) is 0 Å². The van der Waals surface area contributed by atoms with Crippen LogP contribution in [0.1, 0.15) is 26.3 Å². The van der Waals surface area contributed by atoms with Crippen molar-refractivity contribution in [1.29, 1.82) is 0 Å². The summed E-state index contributed by atoms with van der Waals surface area (Å²) in [5.41, 5.74) is 7.02. The summed E-state index contributed by atoms with van der Waals surface area (Å²) in [5.74, 6) is 1.37. The lowest BCUT2D eigenvalue weighted by Crippen LogP contribution is -2.39. The standard InChI is InChI=1S/C21H28N2O4/c1-21(2,3)27-20(24)23-14-19(12-15-7-5-8-16(22)11-15)26-18-10-6-9-17(13-18)25-4/h5-11,13,19H,12,14,22H2,1-4H3,(H,23,24). The number of ether oxygens (including phenoxy) is 3. The van der Waals surface area contributed by atoms with Gasteiger partial charge in [-0.1, -0.05) is 18.2 Å². The number of hydrogen-bond acceptors (Lipinski definition) is 5. The number of hydrogen-bond donors (Lipinski definition) is 2. The van der Waals surface area contributed by atoms with Gasteiger partial charge in [-0.2, -0.15) is 0 Å². The van der Waals surface area contributed by atoms with Gasteiger partial charge < -0.3 is 25.3 Å². The van der Waals surface area contributed by atoms with Crippen LogP contribution < -0.4 is 20.5 Å². The first-order chi connectivity index (χ1) is 12.7. The minimum absolute atomic E-state index is 0.293. The molecule has 1 atom stereocenters. The Morgan fingerprint density at radius 1 is 1.11 bits per heavy atom. The average molecular weight is 372 g/mol. The maximum Gasteiger partial charge on any atom is 0.407 e. The highest BCUT2D eigenvalue weighted by Crippen LogP contribution is 2.21. The molecule has 2 aromatic carbocycles. The maximum absolute atomic E-state index is 12.0. The fourth-order valence-corrected chi connectivity index (χ4v) is 2.52. The molecule has 0 saturated heterocycles. The van der Waals surface area contributed by atoms with E-state index in [2.05, 4.69) is 5.32 Å². The summed E-state index contributed by atoms with van der Waals surface area (Å²) in [6.45, 7) is 5.76. The molecule has 1 amide bonds. The molecule has 6 heteroatoms. The second kappa shape index (κ2) is 9.16. The zero-order valence-electron chi connectivity index (χ0n) is 16.3. The zero-order valence-corrected chi connectivity index (χ0v) is 16.3. The first kappa shape index (κ1) is 20.4. The highest BCUT2D eigenvalue weighted by molar-refractivity contribution is 5.67. The summed E-state index contributed by atoms with van der Waals surface area (Å²) in [6.07, 6.45) is -0.196. The van der Waals surface area contributed by atoms with Crippen LogP contribution in [0.4, 0.5) is 10.5 Å². The van der Waals surface area contributed by atoms with Gasteiger partial charge in [-0.3, -0.25) is 0 Å². The van der Waals surface area contributed by atoms with E-state index in [4.69, 9.17) is 19.9 Å². The molecule has 0 heterocycles. The Balaban J connectivity index is 2.08. The highest BCUT2D eigenvalue weighted by atomic mass is 16.6. The lowest BCUT2D eigenvalue weighted by atomic mass is 10.1. The minimum atomic E-state index is -0.554. The van der Waals surface area contributed by atoms with Crippen LogP contribution in [0.15, 0.2) is 48.5 Å². The fraction of sp³-hybridized carbons (Fsp3) is 0.381. The third kappa shape index (κ3) is 7.48. The predicted octanol–water partition coefficient (Wildman–Crippen LogP) is 3.79. The van der Waals surface area contributed by atoms with Crippen molar-refractivity contribution < 1.29 is 19.0 Å². The number of benzene rings is 2. The quantitative estimate of drug-likeness (QED) is 0.723. The summed E-state index contributed by atoms with van der Waals surface area (Å²) in [4.78, 5) is 12.0. The lowest BCUT2D eigenvalue weighted by Gasteiger charge is -2.23. The van der Waals surface area contributed by atoms with Crippen molar-refractivity contribution in [2.45, 2.75) is 38.9 Å². The van der Waals surface area contributed by atoms with Gasteiger partial charge in [0.2, 0.25) is 0 Å². The molecule has 2 rings (SSSR count). The van der Waals surface area contributed by atoms with E-state index in [0.29, 0.717) is 30.2 Å². The Hall–Kier alpha value is -2.89. The Kier molecular flexibility index (Phi) is 6.93. The van der Waals surface area contributed by atoms with Crippen LogP contribution in [-0.4, -0.2) is 31.5 Å². The van der Waals surface area contributed by atoms with Gasteiger partial charge in [-0.25, -0.2) is 4.79 Å². The van der Waals surface area contributed by atoms with Gasteiger partial charge in [0, 0.05) is 18.2 Å². The number of anilines is 1. The summed E-state index contributed by atoms with van der Waals surface area (Å²) in [5, 5.41) is 2.77. The van der Waals surface area contributed by atoms with Crippen molar-refractivity contribution in [3.8, 4) is 11.5 Å². The third-order valence-corrected chi connectivity index (χ3v) is 3.63. The number of alkyl carbamates (subject to hydrolysis) is 1. The summed E-state index contributed by atoms with van der Waals surface area (Å²) < 4.78 is 16.6. The van der Waals surface area contributed by atoms with E-state index >= 15 is 0 Å². The van der Waals surface area contributed by atoms with Crippen molar-refractivity contribution in [2.75, 3.05) is 19.4 Å². The van der Waals surface area contributed by atoms with Crippen molar-refractivity contribution in [2.24, 2.45) is 0 Å². The summed E-state index contributed by atoms with van der Waals surface area (Å²) >= 11 is 0. The molecule has 0 saturated carbocycles. The monoisotopic (exact) mass is 372 g/mol. The molecular formula is C21H28N2O4. The largest absolute Gasteiger partial charge is 0.497 e. The van der Waals surface area contributed by atoms with Crippen LogP contribution in [0, 0.1) is 0 Å². The maximum atomic E-state index is 12.0. The van der Waals surface area contributed by atoms with E-state index in [0.717, 1.165) is 5.56 Å². The molecule has 0 aliphatic carbocycles. The Bertz CT molecular complexity index is 756. The van der Waals surface area contributed by atoms with Crippen LogP contribution in [0.25, 0.3) is 0 Å². The second-order valence-electron chi connectivity index (χ2n) is 7.25. The van der Waals surface area contributed by atoms with Gasteiger partial charge in [-0.05, 0) is 50.6 Å². The van der Waals surface area contributed by atoms with Crippen molar-refractivity contribution >= 4 is 11.8 Å². The topological polar surface area (TPSA) is 82.8 Å². The van der Waals surface area contributed by atoms with E-state index in [-0.39, 0.29) is 6.10 Å². The Morgan fingerprint density at radius 2 is 1.81 bits per heavy atom. The molecule has 0 aliphatic heterocycles. The Morgan fingerprint density at radius 3 is 2.48 bits per heavy atom. The highest BCUT2D eigenvalue weighted by Gasteiger charge is 2.19. The first-order valence-corrected chi connectivity index (χ1v) is 8.87. The van der Waals surface area contributed by atoms with Crippen molar-refractivity contribution in [3.05, 3.63) is 54.1 Å². The van der Waals surface area contributed by atoms with Crippen LogP contribution in [0.5, 0.6) is 11.5 Å². The number of methoxy groups -OCH3 is 1. The fourth-order valence-electron chi connectivity index (χ4n) is 2.52. The van der Waals surface area contributed by atoms with Gasteiger partial charge in [0.25, 0.3) is 0 Å². The molecule has 0 bridgehead atoms. The normalized spacial score (nSPS) is 12.1. The summed E-state index contributed by atoms with van der Waals surface area (Å²) in [7, 11) is 1.60. The number of carbonyl (C=O) groups excluding carboxylic acids is 1. The molecule has 0 radical (unpaired) electrons. The number of carbonyl (C=O) groups is 1. The second-order valence-corrected chi connectivity index (χ2v) is 7.25. The van der Waals surface area contributed by atoms with Crippen LogP contribution in [0.3, 0.4) is 0 Å². The molecule has 146 valence electrons. The number of nitrogens with two attached hydrogens (primary N) is 1. The number of nitrogen functional groups attached to an aromatic ring is 1. The SMILES string of the molecule is COc1cccc(OC(CNC(=O)OC(C)(C)C)Cc2cccc(N)c2)c1.